The van der Waals surface area contributed by atoms with Crippen LogP contribution in [-0.4, -0.2) is 93.8 Å². The molecule has 1 aliphatic rings. The first-order valence-electron chi connectivity index (χ1n) is 9.46. The monoisotopic (exact) mass is 490 g/mol. The molecule has 0 aromatic carbocycles. The van der Waals surface area contributed by atoms with E-state index in [1.165, 1.54) is 0 Å². The van der Waals surface area contributed by atoms with Crippen molar-refractivity contribution < 1.29 is 58.7 Å². The van der Waals surface area contributed by atoms with E-state index in [0.29, 0.717) is 48.5 Å². The minimum atomic E-state index is -4.17. The van der Waals surface area contributed by atoms with Crippen LogP contribution in [0.4, 0.5) is 0 Å². The Morgan fingerprint density at radius 2 is 0.939 bits per heavy atom. The Kier molecular flexibility index (Phi) is 6.96. The highest BCUT2D eigenvalue weighted by Gasteiger charge is 2.92. The van der Waals surface area contributed by atoms with Crippen LogP contribution < -0.4 is 0 Å². The lowest BCUT2D eigenvalue weighted by Crippen LogP contribution is -2.97. The molecule has 0 unspecified atom stereocenters. The molecular formula is C20H26O12S. The van der Waals surface area contributed by atoms with Gasteiger partial charge in [-0.2, -0.15) is 0 Å². The Morgan fingerprint density at radius 3 is 1.15 bits per heavy atom. The molecule has 184 valence electrons. The van der Waals surface area contributed by atoms with Crippen molar-refractivity contribution in [1.29, 1.82) is 0 Å². The van der Waals surface area contributed by atoms with Gasteiger partial charge in [-0.05, 0) is 48.5 Å². The Bertz CT molecular complexity index is 989. The van der Waals surface area contributed by atoms with Crippen LogP contribution in [0.5, 0.6) is 0 Å². The molecule has 4 N–H and O–H groups in total. The summed E-state index contributed by atoms with van der Waals surface area (Å²) in [5.41, 5.74) is -19.9. The van der Waals surface area contributed by atoms with Crippen LogP contribution in [0.2, 0.25) is 0 Å². The molecule has 1 heterocycles. The topological polar surface area (TPSA) is 210 Å². The maximum atomic E-state index is 13.1. The highest BCUT2D eigenvalue weighted by atomic mass is 32.1. The molecule has 0 aromatic rings. The molecular weight excluding hydrogens is 464 g/mol. The Morgan fingerprint density at radius 1 is 0.606 bits per heavy atom. The minimum Gasteiger partial charge on any atom is -0.376 e. The molecule has 1 aliphatic heterocycles. The number of carbonyl (C=O) groups excluding carboxylic acids is 7. The second kappa shape index (κ2) is 7.96. The normalized spacial score (nSPS) is 36.6. The molecule has 33 heavy (non-hydrogen) atoms. The lowest BCUT2D eigenvalue weighted by atomic mass is 9.49. The van der Waals surface area contributed by atoms with Crippen molar-refractivity contribution in [3.8, 4) is 0 Å². The van der Waals surface area contributed by atoms with E-state index >= 15 is 0 Å². The molecule has 0 bridgehead atoms. The van der Waals surface area contributed by atoms with Crippen LogP contribution in [0.1, 0.15) is 48.5 Å². The molecule has 1 fully saturated rings. The highest BCUT2D eigenvalue weighted by molar-refractivity contribution is 7.82. The van der Waals surface area contributed by atoms with Gasteiger partial charge in [0.25, 0.3) is 0 Å². The lowest BCUT2D eigenvalue weighted by molar-refractivity contribution is -0.359. The van der Waals surface area contributed by atoms with Crippen molar-refractivity contribution in [2.24, 2.45) is 0 Å². The fourth-order valence-electron chi connectivity index (χ4n) is 4.62. The summed E-state index contributed by atoms with van der Waals surface area (Å²) in [4.78, 5) is 85.7. The predicted molar refractivity (Wildman–Crippen MR) is 110 cm³/mol. The van der Waals surface area contributed by atoms with Crippen molar-refractivity contribution in [2.75, 3.05) is 0 Å². The van der Waals surface area contributed by atoms with Gasteiger partial charge < -0.3 is 25.2 Å². The highest BCUT2D eigenvalue weighted by Crippen LogP contribution is 2.60. The van der Waals surface area contributed by atoms with Crippen molar-refractivity contribution >= 4 is 53.1 Å². The number of ether oxygens (including phenoxy) is 1. The van der Waals surface area contributed by atoms with E-state index in [4.69, 9.17) is 4.74 Å². The largest absolute Gasteiger partial charge is 0.376 e. The van der Waals surface area contributed by atoms with Crippen LogP contribution in [-0.2, 0) is 38.3 Å². The Hall–Kier alpha value is -2.16. The third-order valence-corrected chi connectivity index (χ3v) is 7.11. The van der Waals surface area contributed by atoms with Gasteiger partial charge in [-0.15, -0.1) is 12.6 Å². The molecule has 0 radical (unpaired) electrons. The van der Waals surface area contributed by atoms with Gasteiger partial charge in [0, 0.05) is 0 Å². The number of rotatable bonds is 8. The third kappa shape index (κ3) is 2.80. The van der Waals surface area contributed by atoms with Crippen LogP contribution in [0.15, 0.2) is 0 Å². The average Bonchev–Trinajstić information content (AvgIpc) is 2.66. The van der Waals surface area contributed by atoms with E-state index in [0.717, 1.165) is 0 Å². The summed E-state index contributed by atoms with van der Waals surface area (Å²) >= 11 is 3.83. The van der Waals surface area contributed by atoms with E-state index in [-0.39, 0.29) is 0 Å². The summed E-state index contributed by atoms with van der Waals surface area (Å²) < 4.78 is 5.29. The molecule has 0 amide bonds. The van der Waals surface area contributed by atoms with E-state index in [9.17, 15) is 54.0 Å². The molecule has 5 atom stereocenters. The van der Waals surface area contributed by atoms with Crippen LogP contribution in [0.25, 0.3) is 0 Å². The van der Waals surface area contributed by atoms with Gasteiger partial charge >= 0.3 is 0 Å². The molecule has 0 saturated carbocycles. The molecule has 0 spiro atoms. The van der Waals surface area contributed by atoms with E-state index in [1.54, 1.807) is 0 Å². The summed E-state index contributed by atoms with van der Waals surface area (Å²) in [6.07, 6.45) is 0. The first-order chi connectivity index (χ1) is 14.6. The van der Waals surface area contributed by atoms with Gasteiger partial charge in [0.05, 0.1) is 0 Å². The first-order valence-corrected chi connectivity index (χ1v) is 9.90. The molecule has 12 nitrogen and oxygen atoms in total. The third-order valence-electron chi connectivity index (χ3n) is 6.38. The summed E-state index contributed by atoms with van der Waals surface area (Å²) in [5.74, 6) is -11.6. The number of thiol groups is 1. The van der Waals surface area contributed by atoms with Crippen LogP contribution >= 0.6 is 12.6 Å². The molecule has 13 heteroatoms. The lowest BCUT2D eigenvalue weighted by Gasteiger charge is -2.66. The standard InChI is InChI=1S/C20H26O12S/c1-8(21)15(28,9(2)22)19(13(6)26)17(30,11(4)24)16(29,10(3)23)18(31,12(5)25)20(33,32-19)14(7)27/h28-31,33H,1-7H3/t16-,17-,18-,19+,20-/m0/s1. The summed E-state index contributed by atoms with van der Waals surface area (Å²) in [7, 11) is 0. The number of ketones is 7. The SMILES string of the molecule is CC(=O)C(O)(C(C)=O)[C@@]1(C(C)=O)O[C@](S)(C(C)=O)[C@](O)(C(C)=O)[C@](O)(C(C)=O)[C@@]1(O)C(C)=O. The zero-order valence-electron chi connectivity index (χ0n) is 19.0. The number of carbonyl (C=O) groups is 7. The summed E-state index contributed by atoms with van der Waals surface area (Å²) in [5, 5.41) is 45.8. The van der Waals surface area contributed by atoms with E-state index in [2.05, 4.69) is 12.6 Å². The Labute approximate surface area is 193 Å². The minimum absolute atomic E-state index is 0.468. The van der Waals surface area contributed by atoms with Crippen molar-refractivity contribution in [3.05, 3.63) is 0 Å². The zero-order valence-corrected chi connectivity index (χ0v) is 19.9. The van der Waals surface area contributed by atoms with Crippen molar-refractivity contribution in [1.82, 2.24) is 0 Å². The second-order valence-corrected chi connectivity index (χ2v) is 8.79. The van der Waals surface area contributed by atoms with Crippen LogP contribution in [0.3, 0.4) is 0 Å². The average molecular weight is 490 g/mol. The van der Waals surface area contributed by atoms with Gasteiger partial charge in [0.15, 0.2) is 40.5 Å². The molecule has 1 saturated heterocycles. The first kappa shape index (κ1) is 28.9. The van der Waals surface area contributed by atoms with E-state index in [1.807, 2.05) is 0 Å². The van der Waals surface area contributed by atoms with Crippen LogP contribution in [0, 0.1) is 0 Å². The second-order valence-electron chi connectivity index (χ2n) is 8.16. The van der Waals surface area contributed by atoms with Crippen molar-refractivity contribution in [3.63, 3.8) is 0 Å². The maximum Gasteiger partial charge on any atom is 0.220 e. The number of hydrogen-bond donors (Lipinski definition) is 5. The van der Waals surface area contributed by atoms with Gasteiger partial charge in [0.1, 0.15) is 0 Å². The van der Waals surface area contributed by atoms with Gasteiger partial charge in [0.2, 0.25) is 32.9 Å². The van der Waals surface area contributed by atoms with Gasteiger partial charge in [-0.3, -0.25) is 33.6 Å². The number of aliphatic hydroxyl groups is 4. The predicted octanol–water partition coefficient (Wildman–Crippen LogP) is -2.57. The maximum absolute atomic E-state index is 13.1. The number of Topliss-reactive ketones (excluding diaryl/α,β-unsaturated/α-hetero) is 7. The quantitative estimate of drug-likeness (QED) is 0.176. The molecule has 1 rings (SSSR count). The van der Waals surface area contributed by atoms with Gasteiger partial charge in [-0.1, -0.05) is 0 Å². The summed E-state index contributed by atoms with van der Waals surface area (Å²) in [6.45, 7) is 3.76. The van der Waals surface area contributed by atoms with Crippen molar-refractivity contribution in [2.45, 2.75) is 81.4 Å². The zero-order chi connectivity index (χ0) is 26.7. The molecule has 0 aliphatic carbocycles. The Balaban J connectivity index is 4.77. The fraction of sp³-hybridized carbons (Fsp3) is 0.650. The number of hydrogen-bond acceptors (Lipinski definition) is 13. The molecule has 0 aromatic heterocycles. The smallest absolute Gasteiger partial charge is 0.220 e. The van der Waals surface area contributed by atoms with Gasteiger partial charge in [-0.25, -0.2) is 0 Å². The summed E-state index contributed by atoms with van der Waals surface area (Å²) in [6, 6.07) is 0. The fourth-order valence-corrected chi connectivity index (χ4v) is 5.08. The van der Waals surface area contributed by atoms with E-state index < -0.39 is 73.4 Å².